The summed E-state index contributed by atoms with van der Waals surface area (Å²) in [4.78, 5) is 16.8. The van der Waals surface area contributed by atoms with Crippen molar-refractivity contribution < 1.29 is 5.11 Å². The average Bonchev–Trinajstić information content (AvgIpc) is 3.42. The largest absolute Gasteiger partial charge is 0.390 e. The van der Waals surface area contributed by atoms with Crippen LogP contribution in [-0.4, -0.2) is 68.5 Å². The predicted molar refractivity (Wildman–Crippen MR) is 122 cm³/mol. The van der Waals surface area contributed by atoms with Gasteiger partial charge in [-0.2, -0.15) is 0 Å². The zero-order valence-electron chi connectivity index (χ0n) is 18.5. The van der Waals surface area contributed by atoms with Crippen molar-refractivity contribution in [2.45, 2.75) is 45.0 Å². The van der Waals surface area contributed by atoms with Gasteiger partial charge in [0.25, 0.3) is 0 Å². The zero-order valence-corrected chi connectivity index (χ0v) is 18.5. The molecule has 7 heteroatoms. The molecule has 2 fully saturated rings. The summed E-state index contributed by atoms with van der Waals surface area (Å²) in [7, 11) is 2.09. The van der Waals surface area contributed by atoms with E-state index in [1.54, 1.807) is 0 Å². The fraction of sp³-hybridized carbons (Fsp3) is 0.500. The van der Waals surface area contributed by atoms with Gasteiger partial charge in [-0.3, -0.25) is 19.2 Å². The quantitative estimate of drug-likeness (QED) is 0.662. The van der Waals surface area contributed by atoms with Gasteiger partial charge in [0.2, 0.25) is 0 Å². The number of pyridine rings is 2. The molecule has 0 unspecified atom stereocenters. The highest BCUT2D eigenvalue weighted by Crippen LogP contribution is 2.29. The molecule has 7 nitrogen and oxygen atoms in total. The predicted octanol–water partition coefficient (Wildman–Crippen LogP) is 2.70. The summed E-state index contributed by atoms with van der Waals surface area (Å²) in [5.41, 5.74) is 3.76. The minimum absolute atomic E-state index is 0.0251. The maximum absolute atomic E-state index is 10.3. The molecule has 5 heterocycles. The standard InChI is InChI=1S/C24H32N6O/c1-18(20-8-3-4-11-25-20)27(2)16-21-22(17-31)30-23(26-21)9-5-10-24(30)29-14-13-28-12-6-7-19(28)15-29/h3-5,8-11,18-19,31H,6-7,12-17H2,1-2H3/t18-,19+/m0/s1. The minimum atomic E-state index is -0.0251. The van der Waals surface area contributed by atoms with E-state index < -0.39 is 0 Å². The molecular formula is C24H32N6O. The van der Waals surface area contributed by atoms with E-state index in [1.165, 1.54) is 19.4 Å². The Hall–Kier alpha value is -2.48. The molecule has 0 spiro atoms. The number of anilines is 1. The van der Waals surface area contributed by atoms with E-state index in [2.05, 4.69) is 56.3 Å². The number of nitrogens with zero attached hydrogens (tertiary/aromatic N) is 6. The van der Waals surface area contributed by atoms with Crippen LogP contribution in [0, 0.1) is 0 Å². The number of piperazine rings is 1. The normalized spacial score (nSPS) is 20.5. The van der Waals surface area contributed by atoms with E-state index in [0.29, 0.717) is 12.6 Å². The molecule has 2 aliphatic rings. The number of hydrogen-bond acceptors (Lipinski definition) is 6. The van der Waals surface area contributed by atoms with Crippen LogP contribution in [0.5, 0.6) is 0 Å². The Labute approximate surface area is 183 Å². The average molecular weight is 421 g/mol. The lowest BCUT2D eigenvalue weighted by molar-refractivity contribution is 0.229. The van der Waals surface area contributed by atoms with Crippen molar-refractivity contribution in [1.29, 1.82) is 0 Å². The molecule has 31 heavy (non-hydrogen) atoms. The van der Waals surface area contributed by atoms with Crippen molar-refractivity contribution in [2.24, 2.45) is 0 Å². The summed E-state index contributed by atoms with van der Waals surface area (Å²) in [6.45, 7) is 7.21. The Morgan fingerprint density at radius 2 is 2.06 bits per heavy atom. The highest BCUT2D eigenvalue weighted by atomic mass is 16.3. The van der Waals surface area contributed by atoms with E-state index in [-0.39, 0.29) is 12.6 Å². The van der Waals surface area contributed by atoms with E-state index in [1.807, 2.05) is 24.4 Å². The van der Waals surface area contributed by atoms with Crippen LogP contribution in [0.3, 0.4) is 0 Å². The first-order valence-corrected chi connectivity index (χ1v) is 11.4. The van der Waals surface area contributed by atoms with Crippen LogP contribution >= 0.6 is 0 Å². The third-order valence-electron chi connectivity index (χ3n) is 7.04. The second kappa shape index (κ2) is 8.57. The molecule has 0 aromatic carbocycles. The SMILES string of the molecule is C[C@@H](c1ccccn1)N(C)Cc1nc2cccc(N3CCN4CCC[C@@H]4C3)n2c1CO. The molecule has 3 aromatic rings. The molecule has 2 saturated heterocycles. The highest BCUT2D eigenvalue weighted by molar-refractivity contribution is 5.55. The molecule has 0 saturated carbocycles. The Morgan fingerprint density at radius 1 is 1.16 bits per heavy atom. The van der Waals surface area contributed by atoms with E-state index >= 15 is 0 Å². The van der Waals surface area contributed by atoms with Crippen molar-refractivity contribution in [3.05, 3.63) is 59.7 Å². The highest BCUT2D eigenvalue weighted by Gasteiger charge is 2.31. The summed E-state index contributed by atoms with van der Waals surface area (Å²) < 4.78 is 2.17. The van der Waals surface area contributed by atoms with Crippen LogP contribution in [0.25, 0.3) is 5.65 Å². The van der Waals surface area contributed by atoms with Gasteiger partial charge in [0, 0.05) is 44.5 Å². The lowest BCUT2D eigenvalue weighted by Crippen LogP contribution is -2.50. The Balaban J connectivity index is 1.44. The van der Waals surface area contributed by atoms with Gasteiger partial charge in [-0.05, 0) is 57.6 Å². The van der Waals surface area contributed by atoms with Gasteiger partial charge in [-0.1, -0.05) is 12.1 Å². The smallest absolute Gasteiger partial charge is 0.138 e. The van der Waals surface area contributed by atoms with Crippen LogP contribution in [0.4, 0.5) is 5.82 Å². The van der Waals surface area contributed by atoms with Crippen LogP contribution < -0.4 is 4.90 Å². The molecule has 2 atom stereocenters. The molecule has 3 aromatic heterocycles. The lowest BCUT2D eigenvalue weighted by atomic mass is 10.1. The van der Waals surface area contributed by atoms with E-state index in [4.69, 9.17) is 4.98 Å². The first-order valence-electron chi connectivity index (χ1n) is 11.4. The molecule has 0 amide bonds. The van der Waals surface area contributed by atoms with Crippen molar-refractivity contribution in [3.8, 4) is 0 Å². The van der Waals surface area contributed by atoms with Crippen molar-refractivity contribution in [1.82, 2.24) is 24.2 Å². The Morgan fingerprint density at radius 3 is 2.87 bits per heavy atom. The van der Waals surface area contributed by atoms with Crippen LogP contribution in [-0.2, 0) is 13.2 Å². The summed E-state index contributed by atoms with van der Waals surface area (Å²) in [5, 5.41) is 10.3. The third kappa shape index (κ3) is 3.82. The number of fused-ring (bicyclic) bond motifs is 2. The van der Waals surface area contributed by atoms with Gasteiger partial charge in [0.15, 0.2) is 0 Å². The van der Waals surface area contributed by atoms with Gasteiger partial charge in [-0.15, -0.1) is 0 Å². The number of rotatable bonds is 6. The minimum Gasteiger partial charge on any atom is -0.390 e. The molecule has 5 rings (SSSR count). The molecule has 2 aliphatic heterocycles. The Bertz CT molecular complexity index is 1040. The molecule has 0 aliphatic carbocycles. The van der Waals surface area contributed by atoms with Crippen molar-refractivity contribution >= 4 is 11.5 Å². The van der Waals surface area contributed by atoms with Crippen LogP contribution in [0.2, 0.25) is 0 Å². The lowest BCUT2D eigenvalue weighted by Gasteiger charge is -2.39. The molecule has 0 bridgehead atoms. The number of aliphatic hydroxyl groups excluding tert-OH is 1. The second-order valence-corrected chi connectivity index (χ2v) is 8.86. The van der Waals surface area contributed by atoms with Crippen LogP contribution in [0.1, 0.15) is 42.9 Å². The maximum Gasteiger partial charge on any atom is 0.138 e. The number of aromatic nitrogens is 3. The monoisotopic (exact) mass is 420 g/mol. The second-order valence-electron chi connectivity index (χ2n) is 8.86. The van der Waals surface area contributed by atoms with E-state index in [9.17, 15) is 5.11 Å². The maximum atomic E-state index is 10.3. The number of imidazole rings is 1. The summed E-state index contributed by atoms with van der Waals surface area (Å²) >= 11 is 0. The van der Waals surface area contributed by atoms with Gasteiger partial charge in [0.05, 0.1) is 23.7 Å². The first-order chi connectivity index (χ1) is 15.2. The fourth-order valence-corrected chi connectivity index (χ4v) is 5.14. The van der Waals surface area contributed by atoms with Gasteiger partial charge < -0.3 is 10.0 Å². The summed E-state index contributed by atoms with van der Waals surface area (Å²) in [6, 6.07) is 13.1. The summed E-state index contributed by atoms with van der Waals surface area (Å²) in [6.07, 6.45) is 4.42. The van der Waals surface area contributed by atoms with Crippen molar-refractivity contribution in [2.75, 3.05) is 38.1 Å². The summed E-state index contributed by atoms with van der Waals surface area (Å²) in [5.74, 6) is 1.15. The van der Waals surface area contributed by atoms with Gasteiger partial charge >= 0.3 is 0 Å². The van der Waals surface area contributed by atoms with Crippen LogP contribution in [0.15, 0.2) is 42.6 Å². The fourth-order valence-electron chi connectivity index (χ4n) is 5.14. The van der Waals surface area contributed by atoms with Gasteiger partial charge in [0.1, 0.15) is 11.5 Å². The van der Waals surface area contributed by atoms with E-state index in [0.717, 1.165) is 48.2 Å². The molecule has 164 valence electrons. The third-order valence-corrected chi connectivity index (χ3v) is 7.04. The number of hydrogen-bond donors (Lipinski definition) is 1. The molecule has 1 N–H and O–H groups in total. The van der Waals surface area contributed by atoms with Gasteiger partial charge in [-0.25, -0.2) is 4.98 Å². The number of aliphatic hydroxyl groups is 1. The molecule has 0 radical (unpaired) electrons. The van der Waals surface area contributed by atoms with Crippen molar-refractivity contribution in [3.63, 3.8) is 0 Å². The zero-order chi connectivity index (χ0) is 21.4. The topological polar surface area (TPSA) is 60.1 Å². The molecular weight excluding hydrogens is 388 g/mol. The first kappa shape index (κ1) is 20.4. The Kier molecular flexibility index (Phi) is 5.65.